The number of hydrogen-bond donors (Lipinski definition) is 0. The van der Waals surface area contributed by atoms with Gasteiger partial charge in [0.2, 0.25) is 0 Å². The van der Waals surface area contributed by atoms with Crippen LogP contribution in [0.15, 0.2) is 41.6 Å². The number of fused-ring (bicyclic) bond motifs is 1. The van der Waals surface area contributed by atoms with Crippen LogP contribution in [0.2, 0.25) is 5.02 Å². The molecule has 1 aromatic carbocycles. The number of aromatic nitrogens is 2. The average molecular weight is 381 g/mol. The summed E-state index contributed by atoms with van der Waals surface area (Å²) in [6, 6.07) is 10.2. The summed E-state index contributed by atoms with van der Waals surface area (Å²) in [4.78, 5) is 4.65. The highest BCUT2D eigenvalue weighted by Gasteiger charge is 2.15. The van der Waals surface area contributed by atoms with E-state index in [1.807, 2.05) is 18.3 Å². The largest absolute Gasteiger partial charge is 0.342 e. The van der Waals surface area contributed by atoms with Gasteiger partial charge in [-0.3, -0.25) is 0 Å². The molecule has 0 amide bonds. The van der Waals surface area contributed by atoms with E-state index in [0.717, 1.165) is 28.8 Å². The first-order chi connectivity index (χ1) is 11.1. The van der Waals surface area contributed by atoms with E-state index in [1.54, 1.807) is 11.8 Å². The van der Waals surface area contributed by atoms with Crippen molar-refractivity contribution >= 4 is 46.7 Å². The van der Waals surface area contributed by atoms with Gasteiger partial charge in [-0.2, -0.15) is 0 Å². The van der Waals surface area contributed by atoms with Crippen molar-refractivity contribution in [2.75, 3.05) is 0 Å². The van der Waals surface area contributed by atoms with Crippen molar-refractivity contribution in [2.45, 2.75) is 44.5 Å². The quantitative estimate of drug-likeness (QED) is 0.474. The zero-order valence-corrected chi connectivity index (χ0v) is 16.6. The fourth-order valence-corrected chi connectivity index (χ4v) is 4.02. The second kappa shape index (κ2) is 8.28. The van der Waals surface area contributed by atoms with Crippen LogP contribution < -0.4 is 0 Å². The minimum atomic E-state index is 0. The molecule has 0 fully saturated rings. The molecule has 0 N–H and O–H groups in total. The molecule has 0 atom stereocenters. The third kappa shape index (κ3) is 3.74. The zero-order chi connectivity index (χ0) is 16.4. The van der Waals surface area contributed by atoms with Crippen molar-refractivity contribution in [1.82, 2.24) is 9.55 Å². The Morgan fingerprint density at radius 2 is 1.83 bits per heavy atom. The minimum Gasteiger partial charge on any atom is -0.342 e. The van der Waals surface area contributed by atoms with Crippen molar-refractivity contribution in [2.24, 2.45) is 0 Å². The predicted molar refractivity (Wildman–Crippen MR) is 108 cm³/mol. The van der Waals surface area contributed by atoms with Gasteiger partial charge in [-0.05, 0) is 49.6 Å². The predicted octanol–water partition coefficient (Wildman–Crippen LogP) is 6.43. The summed E-state index contributed by atoms with van der Waals surface area (Å²) < 4.78 is 2.42. The van der Waals surface area contributed by atoms with Crippen molar-refractivity contribution < 1.29 is 0 Å². The van der Waals surface area contributed by atoms with E-state index in [1.165, 1.54) is 27.7 Å². The van der Waals surface area contributed by atoms with Gasteiger partial charge >= 0.3 is 0 Å². The maximum absolute atomic E-state index is 5.96. The molecule has 0 aliphatic heterocycles. The van der Waals surface area contributed by atoms with Gasteiger partial charge < -0.3 is 4.57 Å². The molecular formula is C19H22Cl2N2S. The summed E-state index contributed by atoms with van der Waals surface area (Å²) in [6.07, 6.45) is 3.05. The molecule has 0 aliphatic rings. The zero-order valence-electron chi connectivity index (χ0n) is 14.2. The van der Waals surface area contributed by atoms with Gasteiger partial charge in [-0.1, -0.05) is 42.4 Å². The molecule has 0 saturated heterocycles. The second-order valence-electron chi connectivity index (χ2n) is 5.79. The highest BCUT2D eigenvalue weighted by molar-refractivity contribution is 7.98. The van der Waals surface area contributed by atoms with Gasteiger partial charge in [0.05, 0.1) is 5.52 Å². The lowest BCUT2D eigenvalue weighted by atomic mass is 10.2. The Labute approximate surface area is 159 Å². The number of aryl methyl sites for hydroxylation is 2. The van der Waals surface area contributed by atoms with E-state index >= 15 is 0 Å². The molecule has 0 spiro atoms. The normalized spacial score (nSPS) is 10.8. The van der Waals surface area contributed by atoms with E-state index in [0.29, 0.717) is 0 Å². The number of halogens is 2. The number of hydrogen-bond acceptors (Lipinski definition) is 2. The van der Waals surface area contributed by atoms with Crippen LogP contribution in [0.4, 0.5) is 0 Å². The lowest BCUT2D eigenvalue weighted by Crippen LogP contribution is -2.00. The smallest absolute Gasteiger partial charge is 0.121 e. The summed E-state index contributed by atoms with van der Waals surface area (Å²) in [5.74, 6) is 0.901. The molecule has 128 valence electrons. The molecule has 3 rings (SSSR count). The van der Waals surface area contributed by atoms with Crippen LogP contribution >= 0.6 is 35.8 Å². The van der Waals surface area contributed by atoms with Crippen LogP contribution in [0.3, 0.4) is 0 Å². The first kappa shape index (κ1) is 19.2. The molecule has 0 radical (unpaired) electrons. The van der Waals surface area contributed by atoms with E-state index in [9.17, 15) is 0 Å². The molecule has 0 unspecified atom stereocenters. The number of thioether (sulfide) groups is 1. The van der Waals surface area contributed by atoms with Crippen molar-refractivity contribution in [1.29, 1.82) is 0 Å². The summed E-state index contributed by atoms with van der Waals surface area (Å²) in [7, 11) is 0. The van der Waals surface area contributed by atoms with E-state index in [4.69, 9.17) is 11.6 Å². The van der Waals surface area contributed by atoms with Crippen molar-refractivity contribution in [3.63, 3.8) is 0 Å². The lowest BCUT2D eigenvalue weighted by molar-refractivity contribution is 0.678. The van der Waals surface area contributed by atoms with Crippen molar-refractivity contribution in [3.8, 4) is 0 Å². The van der Waals surface area contributed by atoms with Crippen LogP contribution in [-0.4, -0.2) is 9.55 Å². The molecule has 5 heteroatoms. The molecule has 24 heavy (non-hydrogen) atoms. The topological polar surface area (TPSA) is 17.8 Å². The van der Waals surface area contributed by atoms with Gasteiger partial charge in [0.15, 0.2) is 0 Å². The molecule has 2 heterocycles. The van der Waals surface area contributed by atoms with E-state index in [-0.39, 0.29) is 12.4 Å². The maximum atomic E-state index is 5.96. The Morgan fingerprint density at radius 1 is 1.12 bits per heavy atom. The molecule has 0 aliphatic carbocycles. The first-order valence-electron chi connectivity index (χ1n) is 7.93. The highest BCUT2D eigenvalue weighted by atomic mass is 35.5. The number of nitrogens with zero attached hydrogens (tertiary/aromatic N) is 2. The number of pyridine rings is 1. The highest BCUT2D eigenvalue weighted by Crippen LogP contribution is 2.33. The van der Waals surface area contributed by atoms with Crippen LogP contribution in [0.25, 0.3) is 10.9 Å². The molecule has 0 saturated carbocycles. The number of rotatable bonds is 5. The van der Waals surface area contributed by atoms with Gasteiger partial charge in [-0.25, -0.2) is 4.98 Å². The van der Waals surface area contributed by atoms with Gasteiger partial charge in [0.1, 0.15) is 5.03 Å². The Morgan fingerprint density at radius 3 is 2.50 bits per heavy atom. The monoisotopic (exact) mass is 380 g/mol. The van der Waals surface area contributed by atoms with Crippen LogP contribution in [0.5, 0.6) is 0 Å². The second-order valence-corrected chi connectivity index (χ2v) is 7.19. The first-order valence-corrected chi connectivity index (χ1v) is 9.29. The van der Waals surface area contributed by atoms with E-state index in [2.05, 4.69) is 48.5 Å². The van der Waals surface area contributed by atoms with Crippen LogP contribution in [-0.2, 0) is 12.3 Å². The summed E-state index contributed by atoms with van der Waals surface area (Å²) in [5, 5.41) is 3.22. The number of benzene rings is 1. The lowest BCUT2D eigenvalue weighted by Gasteiger charge is -2.10. The minimum absolute atomic E-state index is 0. The maximum Gasteiger partial charge on any atom is 0.121 e. The van der Waals surface area contributed by atoms with Crippen LogP contribution in [0.1, 0.15) is 30.2 Å². The summed E-state index contributed by atoms with van der Waals surface area (Å²) in [6.45, 7) is 7.67. The van der Waals surface area contributed by atoms with Gasteiger partial charge in [-0.15, -0.1) is 12.4 Å². The third-order valence-electron chi connectivity index (χ3n) is 4.25. The SMILES string of the molecule is CCCn1c(C)c(C)c2ccnc(SCc3ccc(Cl)cc3)c21.Cl. The summed E-state index contributed by atoms with van der Waals surface area (Å²) >= 11 is 7.76. The van der Waals surface area contributed by atoms with Gasteiger partial charge in [0, 0.05) is 34.6 Å². The average Bonchev–Trinajstić information content (AvgIpc) is 2.80. The summed E-state index contributed by atoms with van der Waals surface area (Å²) in [5.41, 5.74) is 5.26. The molecular weight excluding hydrogens is 359 g/mol. The standard InChI is InChI=1S/C19H21ClN2S.ClH/c1-4-11-22-14(3)13(2)17-9-10-21-19(18(17)22)23-12-15-5-7-16(20)8-6-15;/h5-10H,4,11-12H2,1-3H3;1H. The van der Waals surface area contributed by atoms with Gasteiger partial charge in [0.25, 0.3) is 0 Å². The molecule has 3 aromatic rings. The third-order valence-corrected chi connectivity index (χ3v) is 5.55. The fourth-order valence-electron chi connectivity index (χ4n) is 2.90. The Bertz CT molecular complexity index is 825. The Hall–Kier alpha value is -1.16. The van der Waals surface area contributed by atoms with E-state index < -0.39 is 0 Å². The Kier molecular flexibility index (Phi) is 6.62. The molecule has 0 bridgehead atoms. The molecule has 2 nitrogen and oxygen atoms in total. The molecule has 2 aromatic heterocycles. The van der Waals surface area contributed by atoms with Crippen LogP contribution in [0, 0.1) is 13.8 Å². The fraction of sp³-hybridized carbons (Fsp3) is 0.316. The van der Waals surface area contributed by atoms with Crippen molar-refractivity contribution in [3.05, 3.63) is 58.4 Å². The Balaban J connectivity index is 0.00000208.